The van der Waals surface area contributed by atoms with Gasteiger partial charge in [-0.2, -0.15) is 0 Å². The maximum absolute atomic E-state index is 11.4. The second kappa shape index (κ2) is 3.62. The van der Waals surface area contributed by atoms with Crippen LogP contribution in [0.4, 0.5) is 0 Å². The summed E-state index contributed by atoms with van der Waals surface area (Å²) in [6.45, 7) is 4.02. The number of pyridine rings is 1. The van der Waals surface area contributed by atoms with Gasteiger partial charge in [0.15, 0.2) is 6.10 Å². The van der Waals surface area contributed by atoms with Crippen LogP contribution >= 0.6 is 0 Å². The van der Waals surface area contributed by atoms with Crippen molar-refractivity contribution in [2.45, 2.75) is 25.6 Å². The topological polar surface area (TPSA) is 51.7 Å². The van der Waals surface area contributed by atoms with Gasteiger partial charge in [-0.1, -0.05) is 6.07 Å². The van der Waals surface area contributed by atoms with E-state index in [1.807, 2.05) is 19.1 Å². The first-order chi connectivity index (χ1) is 7.18. The van der Waals surface area contributed by atoms with Gasteiger partial charge < -0.3 is 9.47 Å². The lowest BCUT2D eigenvalue weighted by Crippen LogP contribution is -2.18. The summed E-state index contributed by atoms with van der Waals surface area (Å²) in [4.78, 5) is 15.4. The van der Waals surface area contributed by atoms with Crippen LogP contribution in [0.25, 0.3) is 0 Å². The molecular weight excluding hydrogens is 194 g/mol. The zero-order chi connectivity index (χ0) is 10.9. The fourth-order valence-corrected chi connectivity index (χ4v) is 1.58. The number of aromatic nitrogens is 1. The molecule has 0 unspecified atom stereocenters. The summed E-state index contributed by atoms with van der Waals surface area (Å²) in [7, 11) is 0. The molecule has 0 radical (unpaired) electrons. The zero-order valence-corrected chi connectivity index (χ0v) is 8.77. The van der Waals surface area contributed by atoms with Crippen molar-refractivity contribution >= 4 is 5.97 Å². The quantitative estimate of drug-likeness (QED) is 0.553. The Morgan fingerprint density at radius 1 is 1.73 bits per heavy atom. The minimum atomic E-state index is -0.555. The lowest BCUT2D eigenvalue weighted by molar-refractivity contribution is -0.144. The molecule has 80 valence electrons. The van der Waals surface area contributed by atoms with Crippen LogP contribution in [-0.2, 0) is 19.9 Å². The van der Waals surface area contributed by atoms with E-state index in [-0.39, 0.29) is 5.97 Å². The van der Waals surface area contributed by atoms with Crippen molar-refractivity contribution in [3.63, 3.8) is 0 Å². The van der Waals surface area contributed by atoms with Crippen LogP contribution in [0.1, 0.15) is 19.4 Å². The first-order valence-corrected chi connectivity index (χ1v) is 4.93. The largest absolute Gasteiger partial charge is 0.464 e. The van der Waals surface area contributed by atoms with Crippen molar-refractivity contribution in [3.8, 4) is 0 Å². The molecular formula is C11H13NO3. The monoisotopic (exact) mass is 207 g/mol. The molecule has 1 saturated heterocycles. The molecule has 0 amide bonds. The van der Waals surface area contributed by atoms with Crippen molar-refractivity contribution in [2.75, 3.05) is 6.61 Å². The third kappa shape index (κ3) is 1.72. The molecule has 1 aliphatic rings. The number of epoxide rings is 1. The number of hydrogen-bond donors (Lipinski definition) is 0. The van der Waals surface area contributed by atoms with Gasteiger partial charge in [0.05, 0.1) is 6.61 Å². The molecule has 0 spiro atoms. The highest BCUT2D eigenvalue weighted by molar-refractivity contribution is 5.79. The van der Waals surface area contributed by atoms with Crippen LogP contribution in [-0.4, -0.2) is 23.7 Å². The van der Waals surface area contributed by atoms with Gasteiger partial charge in [0, 0.05) is 18.0 Å². The van der Waals surface area contributed by atoms with Gasteiger partial charge in [0.1, 0.15) is 5.60 Å². The molecule has 1 aromatic heterocycles. The third-order valence-corrected chi connectivity index (χ3v) is 2.54. The Morgan fingerprint density at radius 2 is 2.53 bits per heavy atom. The summed E-state index contributed by atoms with van der Waals surface area (Å²) in [6.07, 6.45) is 2.91. The van der Waals surface area contributed by atoms with Crippen LogP contribution < -0.4 is 0 Å². The molecule has 0 bridgehead atoms. The van der Waals surface area contributed by atoms with E-state index >= 15 is 0 Å². The lowest BCUT2D eigenvalue weighted by atomic mass is 9.99. The summed E-state index contributed by atoms with van der Waals surface area (Å²) < 4.78 is 10.3. The summed E-state index contributed by atoms with van der Waals surface area (Å²) in [5.41, 5.74) is 0.351. The summed E-state index contributed by atoms with van der Waals surface area (Å²) in [5, 5.41) is 0. The van der Waals surface area contributed by atoms with Gasteiger partial charge in [0.25, 0.3) is 0 Å². The fourth-order valence-electron chi connectivity index (χ4n) is 1.58. The Bertz CT molecular complexity index is 365. The zero-order valence-electron chi connectivity index (χ0n) is 8.77. The highest BCUT2D eigenvalue weighted by Gasteiger charge is 2.59. The van der Waals surface area contributed by atoms with E-state index in [0.717, 1.165) is 5.56 Å². The number of carbonyl (C=O) groups excluding carboxylic acids is 1. The highest BCUT2D eigenvalue weighted by Crippen LogP contribution is 2.46. The van der Waals surface area contributed by atoms with Gasteiger partial charge in [-0.3, -0.25) is 4.98 Å². The van der Waals surface area contributed by atoms with E-state index in [1.54, 1.807) is 19.3 Å². The molecule has 1 aromatic rings. The lowest BCUT2D eigenvalue weighted by Gasteiger charge is -2.05. The Hall–Kier alpha value is -1.42. The summed E-state index contributed by atoms with van der Waals surface area (Å²) in [5.74, 6) is -0.302. The average Bonchev–Trinajstić information content (AvgIpc) is 2.94. The Labute approximate surface area is 88.2 Å². The Kier molecular flexibility index (Phi) is 2.44. The van der Waals surface area contributed by atoms with Gasteiger partial charge in [-0.25, -0.2) is 4.79 Å². The van der Waals surface area contributed by atoms with Gasteiger partial charge >= 0.3 is 5.97 Å². The minimum Gasteiger partial charge on any atom is -0.464 e. The van der Waals surface area contributed by atoms with Crippen LogP contribution in [0.5, 0.6) is 0 Å². The summed E-state index contributed by atoms with van der Waals surface area (Å²) in [6, 6.07) is 3.72. The molecule has 0 N–H and O–H groups in total. The minimum absolute atomic E-state index is 0.302. The van der Waals surface area contributed by atoms with E-state index in [9.17, 15) is 4.79 Å². The first-order valence-electron chi connectivity index (χ1n) is 4.93. The highest BCUT2D eigenvalue weighted by atomic mass is 16.7. The van der Waals surface area contributed by atoms with E-state index < -0.39 is 11.7 Å². The Balaban J connectivity index is 2.10. The van der Waals surface area contributed by atoms with Gasteiger partial charge in [0.2, 0.25) is 0 Å². The standard InChI is InChI=1S/C11H13NO3/c1-3-14-10(13)9-11(2,15-9)8-5-4-6-12-7-8/h4-7,9H,3H2,1-2H3/t9-,11-/m0/s1. The van der Waals surface area contributed by atoms with Crippen molar-refractivity contribution in [1.82, 2.24) is 4.98 Å². The molecule has 0 saturated carbocycles. The second-order valence-electron chi connectivity index (χ2n) is 3.60. The number of hydrogen-bond acceptors (Lipinski definition) is 4. The Morgan fingerprint density at radius 3 is 3.13 bits per heavy atom. The summed E-state index contributed by atoms with van der Waals surface area (Å²) >= 11 is 0. The number of rotatable bonds is 3. The van der Waals surface area contributed by atoms with E-state index in [2.05, 4.69) is 4.98 Å². The van der Waals surface area contributed by atoms with Crippen molar-refractivity contribution in [2.24, 2.45) is 0 Å². The van der Waals surface area contributed by atoms with E-state index in [0.29, 0.717) is 6.61 Å². The van der Waals surface area contributed by atoms with E-state index in [1.165, 1.54) is 0 Å². The van der Waals surface area contributed by atoms with Crippen LogP contribution in [0.15, 0.2) is 24.5 Å². The van der Waals surface area contributed by atoms with Crippen molar-refractivity contribution in [1.29, 1.82) is 0 Å². The number of carbonyl (C=O) groups is 1. The normalized spacial score (nSPS) is 28.5. The van der Waals surface area contributed by atoms with Gasteiger partial charge in [-0.05, 0) is 19.9 Å². The van der Waals surface area contributed by atoms with Crippen LogP contribution in [0, 0.1) is 0 Å². The average molecular weight is 207 g/mol. The maximum Gasteiger partial charge on any atom is 0.338 e. The van der Waals surface area contributed by atoms with Crippen molar-refractivity contribution < 1.29 is 14.3 Å². The van der Waals surface area contributed by atoms with Crippen LogP contribution in [0.3, 0.4) is 0 Å². The molecule has 2 atom stereocenters. The molecule has 2 rings (SSSR count). The van der Waals surface area contributed by atoms with E-state index in [4.69, 9.17) is 9.47 Å². The SMILES string of the molecule is CCOC(=O)[C@@H]1O[C@@]1(C)c1cccnc1. The fraction of sp³-hybridized carbons (Fsp3) is 0.455. The molecule has 0 aromatic carbocycles. The second-order valence-corrected chi connectivity index (χ2v) is 3.60. The predicted molar refractivity (Wildman–Crippen MR) is 53.1 cm³/mol. The molecule has 1 fully saturated rings. The molecule has 4 heteroatoms. The molecule has 2 heterocycles. The number of esters is 1. The maximum atomic E-state index is 11.4. The molecule has 4 nitrogen and oxygen atoms in total. The first kappa shape index (κ1) is 10.1. The van der Waals surface area contributed by atoms with Crippen molar-refractivity contribution in [3.05, 3.63) is 30.1 Å². The third-order valence-electron chi connectivity index (χ3n) is 2.54. The van der Waals surface area contributed by atoms with Gasteiger partial charge in [-0.15, -0.1) is 0 Å². The molecule has 0 aliphatic carbocycles. The number of ether oxygens (including phenoxy) is 2. The number of nitrogens with zero attached hydrogens (tertiary/aromatic N) is 1. The smallest absolute Gasteiger partial charge is 0.338 e. The molecule has 15 heavy (non-hydrogen) atoms. The molecule has 1 aliphatic heterocycles. The predicted octanol–water partition coefficient (Wildman–Crippen LogP) is 1.26. The van der Waals surface area contributed by atoms with Crippen LogP contribution in [0.2, 0.25) is 0 Å².